The minimum absolute atomic E-state index is 0.0420. The molecule has 0 aromatic carbocycles. The standard InChI is InChI=1S/C17H25N5OS/c1-20(12-14-10-19-21(2)13-14)17(23)18-11-15(16-6-5-9-24-16)22-7-3-4-8-22/h5-6,9-10,13,15H,3-4,7-8,11-12H2,1-2H3,(H,18,23)/t15-/m1/s1. The molecular weight excluding hydrogens is 322 g/mol. The van der Waals surface area contributed by atoms with Crippen molar-refractivity contribution in [2.75, 3.05) is 26.7 Å². The molecule has 2 aromatic rings. The average Bonchev–Trinajstić information content (AvgIpc) is 3.30. The molecule has 1 atom stereocenters. The van der Waals surface area contributed by atoms with E-state index in [2.05, 4.69) is 32.8 Å². The molecule has 0 saturated carbocycles. The molecule has 0 radical (unpaired) electrons. The SMILES string of the molecule is CN(Cc1cnn(C)c1)C(=O)NC[C@H](c1cccs1)N1CCCC1. The summed E-state index contributed by atoms with van der Waals surface area (Å²) in [5, 5.41) is 9.35. The number of aromatic nitrogens is 2. The summed E-state index contributed by atoms with van der Waals surface area (Å²) in [6, 6.07) is 4.49. The van der Waals surface area contributed by atoms with Gasteiger partial charge < -0.3 is 10.2 Å². The number of urea groups is 1. The highest BCUT2D eigenvalue weighted by Crippen LogP contribution is 2.27. The molecular formula is C17H25N5OS. The zero-order chi connectivity index (χ0) is 16.9. The Hall–Kier alpha value is -1.86. The van der Waals surface area contributed by atoms with Crippen molar-refractivity contribution in [2.45, 2.75) is 25.4 Å². The zero-order valence-corrected chi connectivity index (χ0v) is 15.1. The van der Waals surface area contributed by atoms with Crippen molar-refractivity contribution in [3.63, 3.8) is 0 Å². The number of rotatable bonds is 6. The van der Waals surface area contributed by atoms with Crippen molar-refractivity contribution in [3.8, 4) is 0 Å². The van der Waals surface area contributed by atoms with E-state index < -0.39 is 0 Å². The summed E-state index contributed by atoms with van der Waals surface area (Å²) >= 11 is 1.77. The van der Waals surface area contributed by atoms with Crippen LogP contribution in [0.15, 0.2) is 29.9 Å². The van der Waals surface area contributed by atoms with E-state index in [9.17, 15) is 4.79 Å². The van der Waals surface area contributed by atoms with Crippen LogP contribution >= 0.6 is 11.3 Å². The lowest BCUT2D eigenvalue weighted by Crippen LogP contribution is -2.42. The highest BCUT2D eigenvalue weighted by atomic mass is 32.1. The summed E-state index contributed by atoms with van der Waals surface area (Å²) in [4.78, 5) is 17.9. The van der Waals surface area contributed by atoms with Gasteiger partial charge in [0.05, 0.1) is 18.8 Å². The van der Waals surface area contributed by atoms with Crippen LogP contribution in [0.2, 0.25) is 0 Å². The Bertz CT molecular complexity index is 648. The Labute approximate surface area is 147 Å². The van der Waals surface area contributed by atoms with Gasteiger partial charge in [-0.2, -0.15) is 5.10 Å². The van der Waals surface area contributed by atoms with Crippen LogP contribution < -0.4 is 5.32 Å². The number of amides is 2. The summed E-state index contributed by atoms with van der Waals surface area (Å²) in [6.45, 7) is 3.44. The van der Waals surface area contributed by atoms with Gasteiger partial charge in [0.1, 0.15) is 0 Å². The van der Waals surface area contributed by atoms with E-state index in [1.807, 2.05) is 20.3 Å². The Kier molecular flexibility index (Phi) is 5.52. The molecule has 1 aliphatic rings. The first-order chi connectivity index (χ1) is 11.6. The number of carbonyl (C=O) groups is 1. The van der Waals surface area contributed by atoms with Crippen molar-refractivity contribution in [3.05, 3.63) is 40.3 Å². The maximum Gasteiger partial charge on any atom is 0.317 e. The third-order valence-corrected chi connectivity index (χ3v) is 5.40. The summed E-state index contributed by atoms with van der Waals surface area (Å²) in [5.74, 6) is 0. The van der Waals surface area contributed by atoms with Gasteiger partial charge in [-0.05, 0) is 37.4 Å². The molecule has 3 rings (SSSR count). The van der Waals surface area contributed by atoms with Crippen molar-refractivity contribution in [1.82, 2.24) is 24.9 Å². The number of likely N-dealkylation sites (tertiary alicyclic amines) is 1. The first kappa shape index (κ1) is 17.0. The lowest BCUT2D eigenvalue weighted by atomic mass is 10.2. The maximum absolute atomic E-state index is 12.4. The molecule has 3 heterocycles. The lowest BCUT2D eigenvalue weighted by Gasteiger charge is -2.28. The van der Waals surface area contributed by atoms with Crippen LogP contribution in [0, 0.1) is 0 Å². The topological polar surface area (TPSA) is 53.4 Å². The molecule has 0 unspecified atom stereocenters. The van der Waals surface area contributed by atoms with Crippen LogP contribution in [-0.2, 0) is 13.6 Å². The second-order valence-corrected chi connectivity index (χ2v) is 7.32. The zero-order valence-electron chi connectivity index (χ0n) is 14.3. The van der Waals surface area contributed by atoms with Gasteiger partial charge in [-0.25, -0.2) is 4.79 Å². The first-order valence-electron chi connectivity index (χ1n) is 8.37. The van der Waals surface area contributed by atoms with Gasteiger partial charge in [-0.15, -0.1) is 11.3 Å². The summed E-state index contributed by atoms with van der Waals surface area (Å²) in [6.07, 6.45) is 6.22. The minimum Gasteiger partial charge on any atom is -0.336 e. The Morgan fingerprint density at radius 2 is 2.25 bits per heavy atom. The largest absolute Gasteiger partial charge is 0.336 e. The molecule has 1 N–H and O–H groups in total. The smallest absolute Gasteiger partial charge is 0.317 e. The first-order valence-corrected chi connectivity index (χ1v) is 9.25. The Balaban J connectivity index is 1.56. The molecule has 2 amide bonds. The van der Waals surface area contributed by atoms with Crippen LogP contribution in [0.4, 0.5) is 4.79 Å². The summed E-state index contributed by atoms with van der Waals surface area (Å²) < 4.78 is 1.75. The van der Waals surface area contributed by atoms with Crippen molar-refractivity contribution >= 4 is 17.4 Å². The third-order valence-electron chi connectivity index (χ3n) is 4.42. The normalized spacial score (nSPS) is 16.2. The Morgan fingerprint density at radius 3 is 2.88 bits per heavy atom. The van der Waals surface area contributed by atoms with E-state index in [4.69, 9.17) is 0 Å². The summed E-state index contributed by atoms with van der Waals surface area (Å²) in [7, 11) is 3.70. The number of carbonyl (C=O) groups excluding carboxylic acids is 1. The van der Waals surface area contributed by atoms with Crippen LogP contribution in [0.5, 0.6) is 0 Å². The fourth-order valence-corrected chi connectivity index (χ4v) is 4.02. The van der Waals surface area contributed by atoms with Crippen LogP contribution in [0.1, 0.15) is 29.3 Å². The van der Waals surface area contributed by atoms with E-state index in [0.717, 1.165) is 18.7 Å². The predicted molar refractivity (Wildman–Crippen MR) is 95.9 cm³/mol. The van der Waals surface area contributed by atoms with Gasteiger partial charge in [0.2, 0.25) is 0 Å². The number of hydrogen-bond donors (Lipinski definition) is 1. The van der Waals surface area contributed by atoms with Gasteiger partial charge in [0.25, 0.3) is 0 Å². The molecule has 6 nitrogen and oxygen atoms in total. The van der Waals surface area contributed by atoms with E-state index >= 15 is 0 Å². The molecule has 24 heavy (non-hydrogen) atoms. The van der Waals surface area contributed by atoms with Gasteiger partial charge in [0, 0.05) is 37.3 Å². The number of aryl methyl sites for hydroxylation is 1. The second-order valence-electron chi connectivity index (χ2n) is 6.34. The average molecular weight is 347 g/mol. The van der Waals surface area contributed by atoms with E-state index in [-0.39, 0.29) is 12.1 Å². The molecule has 130 valence electrons. The predicted octanol–water partition coefficient (Wildman–Crippen LogP) is 2.46. The molecule has 0 bridgehead atoms. The van der Waals surface area contributed by atoms with Crippen LogP contribution in [0.25, 0.3) is 0 Å². The number of hydrogen-bond acceptors (Lipinski definition) is 4. The van der Waals surface area contributed by atoms with E-state index in [1.165, 1.54) is 17.7 Å². The highest BCUT2D eigenvalue weighted by Gasteiger charge is 2.25. The maximum atomic E-state index is 12.4. The van der Waals surface area contributed by atoms with Crippen molar-refractivity contribution in [2.24, 2.45) is 7.05 Å². The number of nitrogens with one attached hydrogen (secondary N) is 1. The molecule has 2 aromatic heterocycles. The second kappa shape index (κ2) is 7.81. The molecule has 1 saturated heterocycles. The lowest BCUT2D eigenvalue weighted by molar-refractivity contribution is 0.196. The van der Waals surface area contributed by atoms with Gasteiger partial charge in [0.15, 0.2) is 0 Å². The van der Waals surface area contributed by atoms with Crippen molar-refractivity contribution < 1.29 is 4.79 Å². The molecule has 1 fully saturated rings. The van der Waals surface area contributed by atoms with Gasteiger partial charge in [-0.3, -0.25) is 9.58 Å². The molecule has 0 spiro atoms. The van der Waals surface area contributed by atoms with Gasteiger partial charge >= 0.3 is 6.03 Å². The third kappa shape index (κ3) is 4.15. The minimum atomic E-state index is -0.0420. The van der Waals surface area contributed by atoms with Gasteiger partial charge in [-0.1, -0.05) is 6.07 Å². The van der Waals surface area contributed by atoms with E-state index in [0.29, 0.717) is 13.1 Å². The van der Waals surface area contributed by atoms with E-state index in [1.54, 1.807) is 27.1 Å². The molecule has 0 aliphatic carbocycles. The molecule has 7 heteroatoms. The fourth-order valence-electron chi connectivity index (χ4n) is 3.16. The molecule has 1 aliphatic heterocycles. The fraction of sp³-hybridized carbons (Fsp3) is 0.529. The quantitative estimate of drug-likeness (QED) is 0.873. The van der Waals surface area contributed by atoms with Crippen LogP contribution in [0.3, 0.4) is 0 Å². The number of nitrogens with zero attached hydrogens (tertiary/aromatic N) is 4. The number of thiophene rings is 1. The van der Waals surface area contributed by atoms with Crippen LogP contribution in [-0.4, -0.2) is 52.3 Å². The van der Waals surface area contributed by atoms with Crippen molar-refractivity contribution in [1.29, 1.82) is 0 Å². The Morgan fingerprint density at radius 1 is 1.46 bits per heavy atom. The monoisotopic (exact) mass is 347 g/mol. The highest BCUT2D eigenvalue weighted by molar-refractivity contribution is 7.10. The summed E-state index contributed by atoms with van der Waals surface area (Å²) in [5.41, 5.74) is 1.03.